The van der Waals surface area contributed by atoms with Crippen molar-refractivity contribution in [1.29, 1.82) is 0 Å². The van der Waals surface area contributed by atoms with Crippen molar-refractivity contribution in [2.24, 2.45) is 0 Å². The van der Waals surface area contributed by atoms with Gasteiger partial charge in [0.15, 0.2) is 0 Å². The predicted molar refractivity (Wildman–Crippen MR) is 37.1 cm³/mol. The number of ether oxygens (including phenoxy) is 1. The zero-order chi connectivity index (χ0) is 8.91. The molecule has 0 aliphatic rings. The molecular formula is C5H8O5S. The molecule has 0 rings (SSSR count). The lowest BCUT2D eigenvalue weighted by Crippen LogP contribution is -1.97. The Labute approximate surface area is 64.4 Å². The quantitative estimate of drug-likeness (QED) is 0.383. The molecule has 0 aliphatic carbocycles. The summed E-state index contributed by atoms with van der Waals surface area (Å²) in [6, 6.07) is 0. The monoisotopic (exact) mass is 180 g/mol. The van der Waals surface area contributed by atoms with Crippen LogP contribution in [0, 0.1) is 0 Å². The average Bonchev–Trinajstić information content (AvgIpc) is 1.85. The van der Waals surface area contributed by atoms with Gasteiger partial charge in [-0.1, -0.05) is 6.92 Å². The minimum Gasteiger partial charge on any atom is -0.434 e. The molecule has 0 heterocycles. The van der Waals surface area contributed by atoms with Gasteiger partial charge in [-0.3, -0.25) is 9.35 Å². The molecule has 5 nitrogen and oxygen atoms in total. The molecule has 0 bridgehead atoms. The van der Waals surface area contributed by atoms with Crippen LogP contribution in [0.5, 0.6) is 0 Å². The zero-order valence-corrected chi connectivity index (χ0v) is 6.67. The molecule has 0 unspecified atom stereocenters. The van der Waals surface area contributed by atoms with E-state index in [4.69, 9.17) is 4.55 Å². The first-order valence-electron chi connectivity index (χ1n) is 2.79. The highest BCUT2D eigenvalue weighted by molar-refractivity contribution is 7.88. The van der Waals surface area contributed by atoms with Gasteiger partial charge in [-0.25, -0.2) is 0 Å². The van der Waals surface area contributed by atoms with Crippen LogP contribution in [0.25, 0.3) is 0 Å². The van der Waals surface area contributed by atoms with Gasteiger partial charge in [-0.15, -0.1) is 0 Å². The summed E-state index contributed by atoms with van der Waals surface area (Å²) >= 11 is 0. The van der Waals surface area contributed by atoms with Crippen LogP contribution < -0.4 is 0 Å². The van der Waals surface area contributed by atoms with E-state index in [-0.39, 0.29) is 6.42 Å². The molecule has 11 heavy (non-hydrogen) atoms. The number of rotatable bonds is 3. The molecule has 0 aromatic heterocycles. The minimum absolute atomic E-state index is 0.149. The maximum Gasteiger partial charge on any atom is 0.310 e. The van der Waals surface area contributed by atoms with Crippen LogP contribution in [0.3, 0.4) is 0 Å². The van der Waals surface area contributed by atoms with Gasteiger partial charge in [-0.2, -0.15) is 8.42 Å². The van der Waals surface area contributed by atoms with Gasteiger partial charge >= 0.3 is 5.97 Å². The summed E-state index contributed by atoms with van der Waals surface area (Å²) in [6.07, 6.45) is 0.775. The van der Waals surface area contributed by atoms with E-state index >= 15 is 0 Å². The van der Waals surface area contributed by atoms with Crippen molar-refractivity contribution in [2.45, 2.75) is 13.3 Å². The van der Waals surface area contributed by atoms with Crippen molar-refractivity contribution >= 4 is 16.1 Å². The fourth-order valence-electron chi connectivity index (χ4n) is 0.257. The molecule has 0 amide bonds. The van der Waals surface area contributed by atoms with E-state index in [9.17, 15) is 13.2 Å². The Morgan fingerprint density at radius 3 is 2.55 bits per heavy atom. The van der Waals surface area contributed by atoms with E-state index < -0.39 is 16.1 Å². The van der Waals surface area contributed by atoms with Gasteiger partial charge in [0, 0.05) is 6.42 Å². The van der Waals surface area contributed by atoms with Crippen LogP contribution in [-0.4, -0.2) is 18.9 Å². The van der Waals surface area contributed by atoms with Gasteiger partial charge in [0.1, 0.15) is 6.26 Å². The molecule has 6 heteroatoms. The second-order valence-electron chi connectivity index (χ2n) is 1.63. The molecule has 0 aromatic rings. The van der Waals surface area contributed by atoms with Gasteiger partial charge in [0.25, 0.3) is 10.1 Å². The molecule has 0 saturated heterocycles. The molecule has 0 radical (unpaired) electrons. The smallest absolute Gasteiger partial charge is 0.310 e. The van der Waals surface area contributed by atoms with E-state index in [0.717, 1.165) is 0 Å². The molecule has 0 spiro atoms. The predicted octanol–water partition coefficient (Wildman–Crippen LogP) is 0.299. The first-order valence-corrected chi connectivity index (χ1v) is 4.29. The van der Waals surface area contributed by atoms with Crippen molar-refractivity contribution in [3.8, 4) is 0 Å². The van der Waals surface area contributed by atoms with Gasteiger partial charge < -0.3 is 4.74 Å². The topological polar surface area (TPSA) is 80.7 Å². The lowest BCUT2D eigenvalue weighted by atomic mass is 10.5. The van der Waals surface area contributed by atoms with Crippen molar-refractivity contribution in [3.05, 3.63) is 11.7 Å². The molecule has 0 saturated carbocycles. The largest absolute Gasteiger partial charge is 0.434 e. The van der Waals surface area contributed by atoms with Crippen LogP contribution in [0.15, 0.2) is 11.7 Å². The summed E-state index contributed by atoms with van der Waals surface area (Å²) in [4.78, 5) is 10.3. The molecular weight excluding hydrogens is 172 g/mol. The average molecular weight is 180 g/mol. The van der Waals surface area contributed by atoms with Gasteiger partial charge in [-0.05, 0) is 0 Å². The molecule has 0 fully saturated rings. The van der Waals surface area contributed by atoms with E-state index in [1.54, 1.807) is 6.92 Å². The number of hydrogen-bond donors (Lipinski definition) is 1. The third kappa shape index (κ3) is 7.01. The first-order chi connectivity index (χ1) is 4.95. The fourth-order valence-corrected chi connectivity index (χ4v) is 0.453. The van der Waals surface area contributed by atoms with Crippen molar-refractivity contribution < 1.29 is 22.5 Å². The molecule has 0 aromatic carbocycles. The highest BCUT2D eigenvalue weighted by atomic mass is 32.2. The lowest BCUT2D eigenvalue weighted by Gasteiger charge is -1.91. The standard InChI is InChI=1S/C5H8O5S/c1-2-5(6)10-3-4-11(7,8)9/h3-4H,2H2,1H3,(H,7,8,9). The molecule has 0 aliphatic heterocycles. The first kappa shape index (κ1) is 10.1. The van der Waals surface area contributed by atoms with Crippen LogP contribution in [0.2, 0.25) is 0 Å². The number of carbonyl (C=O) groups is 1. The van der Waals surface area contributed by atoms with Crippen molar-refractivity contribution in [2.75, 3.05) is 0 Å². The van der Waals surface area contributed by atoms with E-state index in [0.29, 0.717) is 11.7 Å². The summed E-state index contributed by atoms with van der Waals surface area (Å²) in [5, 5.41) is 0.389. The number of carbonyl (C=O) groups excluding carboxylic acids is 1. The molecule has 64 valence electrons. The number of esters is 1. The minimum atomic E-state index is -4.19. The van der Waals surface area contributed by atoms with E-state index in [1.165, 1.54) is 0 Å². The molecule has 1 N–H and O–H groups in total. The summed E-state index contributed by atoms with van der Waals surface area (Å²) in [5.74, 6) is -0.565. The van der Waals surface area contributed by atoms with Crippen molar-refractivity contribution in [1.82, 2.24) is 0 Å². The third-order valence-corrected chi connectivity index (χ3v) is 1.17. The SMILES string of the molecule is CCC(=O)OC=CS(=O)(=O)O. The Kier molecular flexibility index (Phi) is 3.77. The van der Waals surface area contributed by atoms with E-state index in [1.807, 2.05) is 0 Å². The Bertz CT molecular complexity index is 250. The Balaban J connectivity index is 3.90. The van der Waals surface area contributed by atoms with Crippen LogP contribution in [0.4, 0.5) is 0 Å². The summed E-state index contributed by atoms with van der Waals surface area (Å²) in [5.41, 5.74) is 0. The highest BCUT2D eigenvalue weighted by Crippen LogP contribution is 1.89. The normalized spacial score (nSPS) is 11.8. The maximum absolute atomic E-state index is 10.3. The van der Waals surface area contributed by atoms with Gasteiger partial charge in [0.2, 0.25) is 0 Å². The fraction of sp³-hybridized carbons (Fsp3) is 0.400. The highest BCUT2D eigenvalue weighted by Gasteiger charge is 1.97. The van der Waals surface area contributed by atoms with Gasteiger partial charge in [0.05, 0.1) is 5.41 Å². The van der Waals surface area contributed by atoms with Crippen LogP contribution in [-0.2, 0) is 19.6 Å². The second-order valence-corrected chi connectivity index (χ2v) is 2.93. The Morgan fingerprint density at radius 1 is 1.64 bits per heavy atom. The number of hydrogen-bond acceptors (Lipinski definition) is 4. The Hall–Kier alpha value is -0.880. The zero-order valence-electron chi connectivity index (χ0n) is 5.85. The summed E-state index contributed by atoms with van der Waals surface area (Å²) < 4.78 is 32.3. The summed E-state index contributed by atoms with van der Waals surface area (Å²) in [7, 11) is -4.19. The maximum atomic E-state index is 10.3. The van der Waals surface area contributed by atoms with Crippen LogP contribution in [0.1, 0.15) is 13.3 Å². The Morgan fingerprint density at radius 2 is 2.18 bits per heavy atom. The second kappa shape index (κ2) is 4.09. The third-order valence-electron chi connectivity index (χ3n) is 0.716. The van der Waals surface area contributed by atoms with Crippen LogP contribution >= 0.6 is 0 Å². The summed E-state index contributed by atoms with van der Waals surface area (Å²) in [6.45, 7) is 1.56. The van der Waals surface area contributed by atoms with E-state index in [2.05, 4.69) is 4.74 Å². The molecule has 0 atom stereocenters. The van der Waals surface area contributed by atoms with Crippen molar-refractivity contribution in [3.63, 3.8) is 0 Å². The lowest BCUT2D eigenvalue weighted by molar-refractivity contribution is -0.137.